The van der Waals surface area contributed by atoms with E-state index in [1.807, 2.05) is 5.32 Å². The van der Waals surface area contributed by atoms with Crippen LogP contribution in [0.1, 0.15) is 19.3 Å². The number of nitrogens with two attached hydrogens (primary N) is 2. The van der Waals surface area contributed by atoms with E-state index in [0.717, 1.165) is 0 Å². The average Bonchev–Trinajstić information content (AvgIpc) is 2.60. The van der Waals surface area contributed by atoms with E-state index in [1.54, 1.807) is 0 Å². The van der Waals surface area contributed by atoms with Crippen LogP contribution in [0.5, 0.6) is 0 Å². The Hall–Kier alpha value is -2.87. The molecule has 0 aliphatic rings. The first kappa shape index (κ1) is 25.1. The first-order valence-corrected chi connectivity index (χ1v) is 8.59. The van der Waals surface area contributed by atoms with E-state index >= 15 is 0 Å². The maximum Gasteiger partial charge on any atom is 0.326 e. The van der Waals surface area contributed by atoms with Crippen LogP contribution in [0.3, 0.4) is 0 Å². The molecule has 13 nitrogen and oxygen atoms in total. The van der Waals surface area contributed by atoms with E-state index in [-0.39, 0.29) is 5.75 Å². The molecule has 0 aromatic rings. The van der Waals surface area contributed by atoms with Gasteiger partial charge in [0.15, 0.2) is 0 Å². The van der Waals surface area contributed by atoms with Gasteiger partial charge in [-0.25, -0.2) is 4.79 Å². The number of rotatable bonds is 13. The van der Waals surface area contributed by atoms with Crippen molar-refractivity contribution in [1.29, 1.82) is 0 Å². The number of carboxylic acid groups (broad SMARTS) is 2. The fourth-order valence-corrected chi connectivity index (χ4v) is 2.18. The lowest BCUT2D eigenvalue weighted by Gasteiger charge is -2.23. The molecule has 9 N–H and O–H groups in total. The highest BCUT2D eigenvalue weighted by atomic mass is 32.1. The molecule has 0 rings (SSSR count). The Kier molecular flexibility index (Phi) is 11.2. The molecule has 0 fully saturated rings. The van der Waals surface area contributed by atoms with Crippen LogP contribution in [-0.2, 0) is 28.8 Å². The van der Waals surface area contributed by atoms with Crippen molar-refractivity contribution in [2.24, 2.45) is 11.5 Å². The van der Waals surface area contributed by atoms with Gasteiger partial charge in [-0.3, -0.25) is 24.0 Å². The summed E-state index contributed by atoms with van der Waals surface area (Å²) in [6, 6.07) is -4.29. The number of amides is 4. The molecule has 0 spiro atoms. The first-order valence-electron chi connectivity index (χ1n) is 7.95. The molecule has 0 saturated heterocycles. The van der Waals surface area contributed by atoms with Gasteiger partial charge in [0, 0.05) is 12.2 Å². The summed E-state index contributed by atoms with van der Waals surface area (Å²) in [4.78, 5) is 68.8. The van der Waals surface area contributed by atoms with Crippen molar-refractivity contribution in [3.05, 3.63) is 0 Å². The quantitative estimate of drug-likeness (QED) is 0.136. The molecular formula is C14H23N5O8S. The second kappa shape index (κ2) is 12.5. The summed E-state index contributed by atoms with van der Waals surface area (Å²) in [6.45, 7) is -0.396. The van der Waals surface area contributed by atoms with Crippen molar-refractivity contribution < 1.29 is 39.0 Å². The Labute approximate surface area is 165 Å². The van der Waals surface area contributed by atoms with Gasteiger partial charge < -0.3 is 37.6 Å². The molecule has 0 bridgehead atoms. The molecule has 28 heavy (non-hydrogen) atoms. The third-order valence-corrected chi connectivity index (χ3v) is 3.68. The molecule has 0 aromatic heterocycles. The Morgan fingerprint density at radius 1 is 0.893 bits per heavy atom. The number of hydrogen-bond acceptors (Lipinski definition) is 8. The van der Waals surface area contributed by atoms with Gasteiger partial charge >= 0.3 is 11.9 Å². The van der Waals surface area contributed by atoms with Gasteiger partial charge in [-0.05, 0) is 6.42 Å². The highest BCUT2D eigenvalue weighted by Crippen LogP contribution is 2.02. The molecule has 0 aliphatic carbocycles. The molecule has 0 radical (unpaired) electrons. The lowest BCUT2D eigenvalue weighted by molar-refractivity contribution is -0.143. The fraction of sp³-hybridized carbons (Fsp3) is 0.571. The highest BCUT2D eigenvalue weighted by Gasteiger charge is 2.30. The third-order valence-electron chi connectivity index (χ3n) is 3.32. The van der Waals surface area contributed by atoms with Crippen LogP contribution in [0.2, 0.25) is 0 Å². The van der Waals surface area contributed by atoms with Crippen molar-refractivity contribution in [3.63, 3.8) is 0 Å². The maximum atomic E-state index is 12.3. The molecule has 4 amide bonds. The van der Waals surface area contributed by atoms with Gasteiger partial charge in [0.1, 0.15) is 18.1 Å². The fourth-order valence-electron chi connectivity index (χ4n) is 1.93. The third kappa shape index (κ3) is 9.72. The predicted octanol–water partition coefficient (Wildman–Crippen LogP) is -3.85. The Balaban J connectivity index is 5.21. The number of carbonyl (C=O) groups excluding carboxylic acids is 4. The summed E-state index contributed by atoms with van der Waals surface area (Å²) in [5.74, 6) is -6.49. The summed E-state index contributed by atoms with van der Waals surface area (Å²) >= 11 is 3.90. The number of aliphatic carboxylic acids is 2. The van der Waals surface area contributed by atoms with Crippen molar-refractivity contribution in [2.75, 3.05) is 12.3 Å². The topological polar surface area (TPSA) is 231 Å². The minimum Gasteiger partial charge on any atom is -0.481 e. The number of nitrogens with one attached hydrogen (secondary N) is 3. The van der Waals surface area contributed by atoms with Crippen LogP contribution in [0, 0.1) is 0 Å². The number of primary amides is 1. The normalized spacial score (nSPS) is 13.5. The molecular weight excluding hydrogens is 398 g/mol. The van der Waals surface area contributed by atoms with E-state index in [2.05, 4.69) is 23.3 Å². The van der Waals surface area contributed by atoms with Gasteiger partial charge in [-0.2, -0.15) is 12.6 Å². The molecule has 3 unspecified atom stereocenters. The first-order chi connectivity index (χ1) is 13.0. The summed E-state index contributed by atoms with van der Waals surface area (Å²) in [5, 5.41) is 24.2. The van der Waals surface area contributed by atoms with Crippen molar-refractivity contribution >= 4 is 48.2 Å². The van der Waals surface area contributed by atoms with Crippen LogP contribution in [0.25, 0.3) is 0 Å². The lowest BCUT2D eigenvalue weighted by atomic mass is 10.1. The standard InChI is InChI=1S/C14H23N5O8S/c15-4-10(21)17-8(5-28)13(25)19-7(3-9(16)20)12(24)18-6(14(26)27)1-2-11(22)23/h6-8,28H,1-5,15H2,(H2,16,20)(H,17,21)(H,18,24)(H,19,25)(H,22,23)(H,26,27). The summed E-state index contributed by atoms with van der Waals surface area (Å²) in [5.41, 5.74) is 10.2. The maximum absolute atomic E-state index is 12.3. The Morgan fingerprint density at radius 3 is 1.86 bits per heavy atom. The molecule has 0 aromatic carbocycles. The Morgan fingerprint density at radius 2 is 1.43 bits per heavy atom. The predicted molar refractivity (Wildman–Crippen MR) is 97.0 cm³/mol. The Bertz CT molecular complexity index is 629. The molecule has 0 heterocycles. The minimum absolute atomic E-state index is 0.154. The molecule has 14 heteroatoms. The largest absolute Gasteiger partial charge is 0.481 e. The van der Waals surface area contributed by atoms with E-state index in [4.69, 9.17) is 21.7 Å². The van der Waals surface area contributed by atoms with E-state index < -0.39 is 79.5 Å². The number of hydrogen-bond donors (Lipinski definition) is 8. The number of carbonyl (C=O) groups is 6. The summed E-state index contributed by atoms with van der Waals surface area (Å²) in [7, 11) is 0. The summed E-state index contributed by atoms with van der Waals surface area (Å²) in [6.07, 6.45) is -1.61. The average molecular weight is 421 g/mol. The van der Waals surface area contributed by atoms with E-state index in [0.29, 0.717) is 0 Å². The van der Waals surface area contributed by atoms with Crippen molar-refractivity contribution in [3.8, 4) is 0 Å². The zero-order valence-electron chi connectivity index (χ0n) is 14.7. The molecule has 0 aliphatic heterocycles. The zero-order valence-corrected chi connectivity index (χ0v) is 15.6. The number of carboxylic acids is 2. The minimum atomic E-state index is -1.56. The van der Waals surface area contributed by atoms with Crippen LogP contribution < -0.4 is 27.4 Å². The van der Waals surface area contributed by atoms with Gasteiger partial charge in [0.2, 0.25) is 23.6 Å². The monoisotopic (exact) mass is 421 g/mol. The number of thiol groups is 1. The van der Waals surface area contributed by atoms with Crippen LogP contribution >= 0.6 is 12.6 Å². The van der Waals surface area contributed by atoms with Gasteiger partial charge in [0.05, 0.1) is 13.0 Å². The molecule has 3 atom stereocenters. The van der Waals surface area contributed by atoms with Crippen LogP contribution in [0.15, 0.2) is 0 Å². The van der Waals surface area contributed by atoms with Gasteiger partial charge in [0.25, 0.3) is 0 Å². The van der Waals surface area contributed by atoms with Crippen LogP contribution in [0.4, 0.5) is 0 Å². The molecule has 158 valence electrons. The van der Waals surface area contributed by atoms with Crippen molar-refractivity contribution in [1.82, 2.24) is 16.0 Å². The van der Waals surface area contributed by atoms with Crippen molar-refractivity contribution in [2.45, 2.75) is 37.4 Å². The van der Waals surface area contributed by atoms with Gasteiger partial charge in [-0.15, -0.1) is 0 Å². The van der Waals surface area contributed by atoms with E-state index in [9.17, 15) is 28.8 Å². The second-order valence-electron chi connectivity index (χ2n) is 5.57. The van der Waals surface area contributed by atoms with Crippen LogP contribution in [-0.4, -0.2) is 76.2 Å². The zero-order chi connectivity index (χ0) is 21.9. The lowest BCUT2D eigenvalue weighted by Crippen LogP contribution is -2.57. The van der Waals surface area contributed by atoms with E-state index in [1.165, 1.54) is 0 Å². The second-order valence-corrected chi connectivity index (χ2v) is 5.94. The smallest absolute Gasteiger partial charge is 0.326 e. The molecule has 0 saturated carbocycles. The summed E-state index contributed by atoms with van der Waals surface area (Å²) < 4.78 is 0. The SMILES string of the molecule is NCC(=O)NC(CS)C(=O)NC(CC(N)=O)C(=O)NC(CCC(=O)O)C(=O)O. The van der Waals surface area contributed by atoms with Gasteiger partial charge in [-0.1, -0.05) is 0 Å². The highest BCUT2D eigenvalue weighted by molar-refractivity contribution is 7.80.